The van der Waals surface area contributed by atoms with E-state index in [4.69, 9.17) is 26.9 Å². The molecule has 28 heavy (non-hydrogen) atoms. The molecule has 0 aliphatic carbocycles. The summed E-state index contributed by atoms with van der Waals surface area (Å²) >= 11 is 5.97. The molecule has 0 aliphatic rings. The molecular weight excluding hydrogens is 378 g/mol. The third-order valence-corrected chi connectivity index (χ3v) is 4.73. The number of halogens is 1. The van der Waals surface area contributed by atoms with Crippen molar-refractivity contribution in [1.82, 2.24) is 9.97 Å². The van der Waals surface area contributed by atoms with Crippen LogP contribution in [0.5, 0.6) is 0 Å². The summed E-state index contributed by atoms with van der Waals surface area (Å²) in [5, 5.41) is 14.4. The van der Waals surface area contributed by atoms with E-state index in [-0.39, 0.29) is 0 Å². The molecule has 1 atom stereocenters. The van der Waals surface area contributed by atoms with Crippen LogP contribution in [-0.2, 0) is 19.3 Å². The highest BCUT2D eigenvalue weighted by Gasteiger charge is 2.12. The largest absolute Gasteiger partial charge is 0.349 e. The van der Waals surface area contributed by atoms with E-state index in [1.807, 2.05) is 24.5 Å². The van der Waals surface area contributed by atoms with Crippen LogP contribution >= 0.6 is 11.6 Å². The zero-order chi connectivity index (χ0) is 20.2. The summed E-state index contributed by atoms with van der Waals surface area (Å²) in [6.45, 7) is 0. The van der Waals surface area contributed by atoms with Gasteiger partial charge in [-0.15, -0.1) is 10.1 Å². The Kier molecular flexibility index (Phi) is 9.01. The van der Waals surface area contributed by atoms with Crippen LogP contribution in [0.2, 0.25) is 5.02 Å². The highest BCUT2D eigenvalue weighted by molar-refractivity contribution is 6.30. The molecular formula is C21H24ClN3O3. The zero-order valence-electron chi connectivity index (χ0n) is 15.5. The summed E-state index contributed by atoms with van der Waals surface area (Å²) in [6.07, 6.45) is 9.29. The average molecular weight is 402 g/mol. The van der Waals surface area contributed by atoms with Crippen LogP contribution in [0.15, 0.2) is 67.0 Å². The number of hydrogen-bond acceptors (Lipinski definition) is 3. The lowest BCUT2D eigenvalue weighted by Crippen LogP contribution is -2.09. The molecule has 6 nitrogen and oxygen atoms in total. The lowest BCUT2D eigenvalue weighted by molar-refractivity contribution is -0.742. The summed E-state index contributed by atoms with van der Waals surface area (Å²) < 4.78 is 0. The fraction of sp³-hybridized carbons (Fsp3) is 0.286. The first-order chi connectivity index (χ1) is 13.5. The van der Waals surface area contributed by atoms with Gasteiger partial charge in [0.15, 0.2) is 0 Å². The second-order valence-corrected chi connectivity index (χ2v) is 6.97. The standard InChI is InChI=1S/C21H23ClN2.HNO3/c22-20-12-10-18(11-13-20)7-9-19(16-21-23-14-15-24-21)8-6-17-4-2-1-3-5-17;2-1(3)4/h1-5,10-15,19H,6-9,16H2,(H,23,24);(H,2,3,4). The van der Waals surface area contributed by atoms with Crippen molar-refractivity contribution in [2.75, 3.05) is 0 Å². The lowest BCUT2D eigenvalue weighted by atomic mass is 9.90. The van der Waals surface area contributed by atoms with E-state index in [0.717, 1.165) is 36.5 Å². The molecule has 1 unspecified atom stereocenters. The molecule has 3 rings (SSSR count). The Labute approximate surface area is 169 Å². The molecule has 3 aromatic rings. The smallest absolute Gasteiger partial charge is 0.291 e. The van der Waals surface area contributed by atoms with Crippen molar-refractivity contribution in [3.8, 4) is 0 Å². The Bertz CT molecular complexity index is 805. The van der Waals surface area contributed by atoms with Gasteiger partial charge in [-0.3, -0.25) is 0 Å². The summed E-state index contributed by atoms with van der Waals surface area (Å²) in [7, 11) is 0. The maximum absolute atomic E-state index is 8.36. The van der Waals surface area contributed by atoms with Crippen molar-refractivity contribution in [2.45, 2.75) is 32.1 Å². The maximum atomic E-state index is 8.36. The van der Waals surface area contributed by atoms with Gasteiger partial charge < -0.3 is 10.2 Å². The van der Waals surface area contributed by atoms with Gasteiger partial charge in [0.05, 0.1) is 0 Å². The molecule has 0 radical (unpaired) electrons. The molecule has 2 N–H and O–H groups in total. The van der Waals surface area contributed by atoms with Gasteiger partial charge in [-0.05, 0) is 54.9 Å². The number of hydrogen-bond donors (Lipinski definition) is 2. The third-order valence-electron chi connectivity index (χ3n) is 4.48. The van der Waals surface area contributed by atoms with Gasteiger partial charge >= 0.3 is 0 Å². The summed E-state index contributed by atoms with van der Waals surface area (Å²) in [6, 6.07) is 18.9. The van der Waals surface area contributed by atoms with Gasteiger partial charge in [0.25, 0.3) is 5.09 Å². The first-order valence-corrected chi connectivity index (χ1v) is 9.50. The Hall–Kier alpha value is -2.86. The van der Waals surface area contributed by atoms with E-state index in [1.165, 1.54) is 17.5 Å². The SMILES string of the molecule is Clc1ccc(CCC(CCc2ccccc2)Cc2ncc[nH]2)cc1.O=[N+]([O-])O. The van der Waals surface area contributed by atoms with Crippen LogP contribution in [0.3, 0.4) is 0 Å². The molecule has 0 fully saturated rings. The molecule has 0 amide bonds. The van der Waals surface area contributed by atoms with Crippen LogP contribution in [0.1, 0.15) is 29.8 Å². The third kappa shape index (κ3) is 8.68. The number of H-pyrrole nitrogens is 1. The molecule has 1 aromatic heterocycles. The minimum absolute atomic E-state index is 0.618. The highest BCUT2D eigenvalue weighted by Crippen LogP contribution is 2.20. The molecule has 2 aromatic carbocycles. The van der Waals surface area contributed by atoms with Crippen molar-refractivity contribution in [1.29, 1.82) is 0 Å². The topological polar surface area (TPSA) is 92.0 Å². The number of aromatic nitrogens is 2. The van der Waals surface area contributed by atoms with Gasteiger partial charge in [0, 0.05) is 23.8 Å². The van der Waals surface area contributed by atoms with Crippen LogP contribution in [0, 0.1) is 16.0 Å². The fourth-order valence-corrected chi connectivity index (χ4v) is 3.19. The lowest BCUT2D eigenvalue weighted by Gasteiger charge is -2.16. The van der Waals surface area contributed by atoms with E-state index in [2.05, 4.69) is 52.4 Å². The van der Waals surface area contributed by atoms with Crippen molar-refractivity contribution < 1.29 is 10.3 Å². The minimum Gasteiger partial charge on any atom is -0.349 e. The first-order valence-electron chi connectivity index (χ1n) is 9.13. The number of nitrogens with zero attached hydrogens (tertiary/aromatic N) is 2. The van der Waals surface area contributed by atoms with Crippen LogP contribution in [0.25, 0.3) is 0 Å². The minimum atomic E-state index is -1.50. The molecule has 0 aliphatic heterocycles. The Balaban J connectivity index is 0.000000640. The monoisotopic (exact) mass is 401 g/mol. The number of imidazole rings is 1. The van der Waals surface area contributed by atoms with E-state index in [9.17, 15) is 0 Å². The van der Waals surface area contributed by atoms with Gasteiger partial charge in [-0.1, -0.05) is 54.1 Å². The van der Waals surface area contributed by atoms with Crippen molar-refractivity contribution in [2.24, 2.45) is 5.92 Å². The number of rotatable bonds is 8. The van der Waals surface area contributed by atoms with Crippen LogP contribution in [-0.4, -0.2) is 20.3 Å². The molecule has 0 bridgehead atoms. The number of aromatic amines is 1. The van der Waals surface area contributed by atoms with Gasteiger partial charge in [-0.25, -0.2) is 4.98 Å². The van der Waals surface area contributed by atoms with Crippen LogP contribution in [0.4, 0.5) is 0 Å². The van der Waals surface area contributed by atoms with Crippen molar-refractivity contribution >= 4 is 11.6 Å². The number of benzene rings is 2. The van der Waals surface area contributed by atoms with Crippen molar-refractivity contribution in [3.63, 3.8) is 0 Å². The average Bonchev–Trinajstić information content (AvgIpc) is 3.19. The molecule has 1 heterocycles. The van der Waals surface area contributed by atoms with Crippen molar-refractivity contribution in [3.05, 3.63) is 99.1 Å². The molecule has 0 saturated heterocycles. The van der Waals surface area contributed by atoms with Crippen LogP contribution < -0.4 is 0 Å². The second kappa shape index (κ2) is 11.8. The van der Waals surface area contributed by atoms with Gasteiger partial charge in [0.1, 0.15) is 5.82 Å². The Morgan fingerprint density at radius 1 is 1.04 bits per heavy atom. The highest BCUT2D eigenvalue weighted by atomic mass is 35.5. The fourth-order valence-electron chi connectivity index (χ4n) is 3.07. The summed E-state index contributed by atoms with van der Waals surface area (Å²) in [4.78, 5) is 16.0. The molecule has 148 valence electrons. The normalized spacial score (nSPS) is 11.3. The zero-order valence-corrected chi connectivity index (χ0v) is 16.3. The first kappa shape index (κ1) is 21.4. The second-order valence-electron chi connectivity index (χ2n) is 6.53. The summed E-state index contributed by atoms with van der Waals surface area (Å²) in [5.41, 5.74) is 2.76. The van der Waals surface area contributed by atoms with E-state index < -0.39 is 5.09 Å². The molecule has 7 heteroatoms. The summed E-state index contributed by atoms with van der Waals surface area (Å²) in [5.74, 6) is 1.70. The molecule has 0 saturated carbocycles. The van der Waals surface area contributed by atoms with E-state index >= 15 is 0 Å². The van der Waals surface area contributed by atoms with Gasteiger partial charge in [-0.2, -0.15) is 0 Å². The Morgan fingerprint density at radius 2 is 1.61 bits per heavy atom. The number of nitrogens with one attached hydrogen (secondary N) is 1. The maximum Gasteiger partial charge on any atom is 0.291 e. The van der Waals surface area contributed by atoms with E-state index in [1.54, 1.807) is 0 Å². The number of aryl methyl sites for hydroxylation is 2. The predicted molar refractivity (Wildman–Crippen MR) is 109 cm³/mol. The molecule has 0 spiro atoms. The Morgan fingerprint density at radius 3 is 2.14 bits per heavy atom. The quantitative estimate of drug-likeness (QED) is 0.403. The van der Waals surface area contributed by atoms with Gasteiger partial charge in [0.2, 0.25) is 0 Å². The van der Waals surface area contributed by atoms with E-state index in [0.29, 0.717) is 5.92 Å². The predicted octanol–water partition coefficient (Wildman–Crippen LogP) is 5.14.